The Morgan fingerprint density at radius 3 is 2.52 bits per heavy atom. The number of carbonyl (C=O) groups is 2. The van der Waals surface area contributed by atoms with Gasteiger partial charge in [-0.3, -0.25) is 14.6 Å². The zero-order chi connectivity index (χ0) is 17.2. The van der Waals surface area contributed by atoms with Crippen LogP contribution in [0.4, 0.5) is 13.2 Å². The summed E-state index contributed by atoms with van der Waals surface area (Å²) in [6.07, 6.45) is -4.21. The van der Waals surface area contributed by atoms with E-state index in [0.29, 0.717) is 0 Å². The molecule has 0 atom stereocenters. The largest absolute Gasteiger partial charge is 0.481 e. The van der Waals surface area contributed by atoms with Crippen LogP contribution in [0.2, 0.25) is 0 Å². The lowest BCUT2D eigenvalue weighted by atomic mass is 10.0. The number of hydrogen-bond acceptors (Lipinski definition) is 3. The number of pyridine rings is 1. The Labute approximate surface area is 129 Å². The average molecular weight is 326 g/mol. The quantitative estimate of drug-likeness (QED) is 0.938. The molecule has 23 heavy (non-hydrogen) atoms. The van der Waals surface area contributed by atoms with Crippen LogP contribution >= 0.6 is 0 Å². The maximum Gasteiger partial charge on any atom is 0.417 e. The molecule has 0 aliphatic rings. The van der Waals surface area contributed by atoms with Crippen molar-refractivity contribution in [3.8, 4) is 0 Å². The molecule has 122 valence electrons. The van der Waals surface area contributed by atoms with Crippen molar-refractivity contribution in [3.63, 3.8) is 0 Å². The first-order valence-electron chi connectivity index (χ1n) is 6.64. The monoisotopic (exact) mass is 326 g/mol. The number of aliphatic carboxylic acids is 1. The second-order valence-corrected chi connectivity index (χ2v) is 4.93. The molecule has 0 spiro atoms. The van der Waals surface area contributed by atoms with E-state index in [-0.39, 0.29) is 23.9 Å². The molecule has 0 aliphatic carbocycles. The third-order valence-electron chi connectivity index (χ3n) is 3.30. The number of halogens is 3. The van der Waals surface area contributed by atoms with Crippen LogP contribution in [0.5, 0.6) is 0 Å². The van der Waals surface area contributed by atoms with E-state index in [1.807, 2.05) is 0 Å². The fourth-order valence-corrected chi connectivity index (χ4v) is 2.18. The number of carboxylic acids is 1. The minimum Gasteiger partial charge on any atom is -0.481 e. The van der Waals surface area contributed by atoms with Crippen LogP contribution in [-0.2, 0) is 11.0 Å². The molecule has 0 bridgehead atoms. The van der Waals surface area contributed by atoms with Gasteiger partial charge in [0.2, 0.25) is 0 Å². The SMILES string of the molecule is CN(CCC(=O)O)C(=O)c1cnc2ccccc2c1C(F)(F)F. The summed E-state index contributed by atoms with van der Waals surface area (Å²) in [6, 6.07) is 5.66. The van der Waals surface area contributed by atoms with Crippen LogP contribution in [0, 0.1) is 0 Å². The molecular weight excluding hydrogens is 313 g/mol. The summed E-state index contributed by atoms with van der Waals surface area (Å²) >= 11 is 0. The summed E-state index contributed by atoms with van der Waals surface area (Å²) in [5, 5.41) is 8.44. The summed E-state index contributed by atoms with van der Waals surface area (Å²) in [5.41, 5.74) is -1.52. The predicted molar refractivity (Wildman–Crippen MR) is 76.0 cm³/mol. The third kappa shape index (κ3) is 3.58. The zero-order valence-corrected chi connectivity index (χ0v) is 12.1. The molecule has 1 heterocycles. The molecule has 0 saturated carbocycles. The number of fused-ring (bicyclic) bond motifs is 1. The number of hydrogen-bond donors (Lipinski definition) is 1. The number of amides is 1. The van der Waals surface area contributed by atoms with Crippen molar-refractivity contribution in [3.05, 3.63) is 41.6 Å². The lowest BCUT2D eigenvalue weighted by Crippen LogP contribution is -2.31. The number of benzene rings is 1. The topological polar surface area (TPSA) is 70.5 Å². The first-order valence-corrected chi connectivity index (χ1v) is 6.64. The lowest BCUT2D eigenvalue weighted by molar-refractivity contribution is -0.138. The van der Waals surface area contributed by atoms with Crippen molar-refractivity contribution in [1.82, 2.24) is 9.88 Å². The van der Waals surface area contributed by atoms with Crippen LogP contribution in [0.15, 0.2) is 30.5 Å². The zero-order valence-electron chi connectivity index (χ0n) is 12.1. The molecule has 1 aromatic carbocycles. The van der Waals surface area contributed by atoms with Gasteiger partial charge in [-0.1, -0.05) is 18.2 Å². The number of para-hydroxylation sites is 1. The summed E-state index contributed by atoms with van der Waals surface area (Å²) in [4.78, 5) is 27.6. The van der Waals surface area contributed by atoms with E-state index in [4.69, 9.17) is 5.11 Å². The van der Waals surface area contributed by atoms with Gasteiger partial charge in [-0.25, -0.2) is 0 Å². The van der Waals surface area contributed by atoms with E-state index >= 15 is 0 Å². The van der Waals surface area contributed by atoms with Crippen LogP contribution in [-0.4, -0.2) is 40.5 Å². The molecular formula is C15H13F3N2O3. The second kappa shape index (κ2) is 6.23. The van der Waals surface area contributed by atoms with Gasteiger partial charge in [0.1, 0.15) is 0 Å². The van der Waals surface area contributed by atoms with E-state index in [1.54, 1.807) is 6.07 Å². The van der Waals surface area contributed by atoms with Crippen LogP contribution in [0.1, 0.15) is 22.3 Å². The minimum atomic E-state index is -4.73. The number of nitrogens with zero attached hydrogens (tertiary/aromatic N) is 2. The van der Waals surface area contributed by atoms with Crippen molar-refractivity contribution in [2.75, 3.05) is 13.6 Å². The van der Waals surface area contributed by atoms with Crippen LogP contribution in [0.3, 0.4) is 0 Å². The summed E-state index contributed by atoms with van der Waals surface area (Å²) in [5.74, 6) is -2.06. The second-order valence-electron chi connectivity index (χ2n) is 4.93. The Morgan fingerprint density at radius 2 is 1.91 bits per heavy atom. The molecule has 0 aliphatic heterocycles. The molecule has 0 saturated heterocycles. The molecule has 0 radical (unpaired) electrons. The van der Waals surface area contributed by atoms with Crippen molar-refractivity contribution in [2.45, 2.75) is 12.6 Å². The van der Waals surface area contributed by atoms with Gasteiger partial charge in [0.05, 0.1) is 23.1 Å². The van der Waals surface area contributed by atoms with E-state index < -0.39 is 29.2 Å². The van der Waals surface area contributed by atoms with E-state index in [9.17, 15) is 22.8 Å². The van der Waals surface area contributed by atoms with Gasteiger partial charge >= 0.3 is 12.1 Å². The van der Waals surface area contributed by atoms with Gasteiger partial charge in [-0.05, 0) is 6.07 Å². The molecule has 0 unspecified atom stereocenters. The first-order chi connectivity index (χ1) is 10.7. The number of carbonyl (C=O) groups excluding carboxylic acids is 1. The Kier molecular flexibility index (Phi) is 4.53. The number of rotatable bonds is 4. The molecule has 5 nitrogen and oxygen atoms in total. The van der Waals surface area contributed by atoms with E-state index in [1.165, 1.54) is 25.2 Å². The van der Waals surface area contributed by atoms with Crippen molar-refractivity contribution in [2.24, 2.45) is 0 Å². The highest BCUT2D eigenvalue weighted by Gasteiger charge is 2.38. The third-order valence-corrected chi connectivity index (χ3v) is 3.30. The Morgan fingerprint density at radius 1 is 1.26 bits per heavy atom. The van der Waals surface area contributed by atoms with Gasteiger partial charge in [-0.15, -0.1) is 0 Å². The molecule has 0 fully saturated rings. The predicted octanol–water partition coefficient (Wildman–Crippen LogP) is 2.80. The highest BCUT2D eigenvalue weighted by molar-refractivity contribution is 6.00. The molecule has 2 rings (SSSR count). The van der Waals surface area contributed by atoms with Gasteiger partial charge in [-0.2, -0.15) is 13.2 Å². The Balaban J connectivity index is 2.52. The Hall–Kier alpha value is -2.64. The highest BCUT2D eigenvalue weighted by Crippen LogP contribution is 2.37. The molecule has 1 N–H and O–H groups in total. The van der Waals surface area contributed by atoms with Gasteiger partial charge in [0, 0.05) is 25.2 Å². The number of carboxylic acid groups (broad SMARTS) is 1. The van der Waals surface area contributed by atoms with Gasteiger partial charge in [0.15, 0.2) is 0 Å². The fraction of sp³-hybridized carbons (Fsp3) is 0.267. The fourth-order valence-electron chi connectivity index (χ4n) is 2.18. The Bertz CT molecular complexity index is 759. The van der Waals surface area contributed by atoms with Crippen molar-refractivity contribution < 1.29 is 27.9 Å². The lowest BCUT2D eigenvalue weighted by Gasteiger charge is -2.20. The summed E-state index contributed by atoms with van der Waals surface area (Å²) in [6.45, 7) is -0.196. The maximum absolute atomic E-state index is 13.4. The van der Waals surface area contributed by atoms with Gasteiger partial charge in [0.25, 0.3) is 5.91 Å². The average Bonchev–Trinajstić information content (AvgIpc) is 2.49. The number of aromatic nitrogens is 1. The minimum absolute atomic E-state index is 0.129. The van der Waals surface area contributed by atoms with Crippen molar-refractivity contribution in [1.29, 1.82) is 0 Å². The molecule has 8 heteroatoms. The summed E-state index contributed by atoms with van der Waals surface area (Å²) in [7, 11) is 1.25. The smallest absolute Gasteiger partial charge is 0.417 e. The molecule has 1 aromatic heterocycles. The van der Waals surface area contributed by atoms with E-state index in [2.05, 4.69) is 4.98 Å². The normalized spacial score (nSPS) is 11.5. The van der Waals surface area contributed by atoms with Gasteiger partial charge < -0.3 is 10.0 Å². The standard InChI is InChI=1S/C15H13F3N2O3/c1-20(7-6-12(21)22)14(23)10-8-19-11-5-3-2-4-9(11)13(10)15(16,17)18/h2-5,8H,6-7H2,1H3,(H,21,22). The highest BCUT2D eigenvalue weighted by atomic mass is 19.4. The van der Waals surface area contributed by atoms with Crippen molar-refractivity contribution >= 4 is 22.8 Å². The van der Waals surface area contributed by atoms with Crippen LogP contribution < -0.4 is 0 Å². The van der Waals surface area contributed by atoms with E-state index in [0.717, 1.165) is 11.1 Å². The molecule has 1 amide bonds. The molecule has 2 aromatic rings. The summed E-state index contributed by atoms with van der Waals surface area (Å²) < 4.78 is 40.3. The number of alkyl halides is 3. The van der Waals surface area contributed by atoms with Crippen LogP contribution in [0.25, 0.3) is 10.9 Å². The maximum atomic E-state index is 13.4. The first kappa shape index (κ1) is 16.7.